The summed E-state index contributed by atoms with van der Waals surface area (Å²) in [6.07, 6.45) is 1.69. The lowest BCUT2D eigenvalue weighted by atomic mass is 10.0. The van der Waals surface area contributed by atoms with Crippen LogP contribution in [0.4, 0.5) is 5.69 Å². The minimum absolute atomic E-state index is 0.0307. The van der Waals surface area contributed by atoms with Crippen LogP contribution in [0.2, 0.25) is 15.1 Å². The number of carbonyl (C=O) groups is 1. The molecule has 3 aromatic rings. The van der Waals surface area contributed by atoms with Crippen molar-refractivity contribution in [3.05, 3.63) is 72.5 Å². The quantitative estimate of drug-likeness (QED) is 0.169. The summed E-state index contributed by atoms with van der Waals surface area (Å²) >= 11 is 20.8. The standard InChI is InChI=1S/C23H21Cl3N4O3S2/c1-14(31)29(17-6-8-28(9-7-17)12-15-2-4-18(24)20(26)10-15)35-23-27-21(13-34-23)16-3-5-19(25)22(11-16)30(32)33/h2-5,10-11,13,17H,6-9,12H2,1H3. The van der Waals surface area contributed by atoms with Crippen LogP contribution in [-0.4, -0.2) is 44.2 Å². The first kappa shape index (κ1) is 26.2. The van der Waals surface area contributed by atoms with Crippen molar-refractivity contribution in [1.82, 2.24) is 14.2 Å². The van der Waals surface area contributed by atoms with Gasteiger partial charge in [0.2, 0.25) is 5.91 Å². The molecule has 1 saturated heterocycles. The van der Waals surface area contributed by atoms with Gasteiger partial charge in [-0.2, -0.15) is 0 Å². The van der Waals surface area contributed by atoms with Crippen molar-refractivity contribution in [3.63, 3.8) is 0 Å². The molecule has 1 amide bonds. The van der Waals surface area contributed by atoms with E-state index in [1.807, 2.05) is 23.6 Å². The predicted molar refractivity (Wildman–Crippen MR) is 142 cm³/mol. The molecular weight excluding hydrogens is 551 g/mol. The number of amides is 1. The number of nitro benzene ring substituents is 1. The van der Waals surface area contributed by atoms with E-state index in [4.69, 9.17) is 34.8 Å². The molecule has 1 aromatic heterocycles. The molecular formula is C23H21Cl3N4O3S2. The molecule has 0 radical (unpaired) electrons. The second-order valence-electron chi connectivity index (χ2n) is 8.11. The molecule has 12 heteroatoms. The molecule has 2 aromatic carbocycles. The number of benzene rings is 2. The first-order valence-electron chi connectivity index (χ1n) is 10.7. The van der Waals surface area contributed by atoms with Crippen molar-refractivity contribution in [3.8, 4) is 11.3 Å². The molecule has 0 spiro atoms. The fourth-order valence-electron chi connectivity index (χ4n) is 3.93. The summed E-state index contributed by atoms with van der Waals surface area (Å²) in [7, 11) is 0. The van der Waals surface area contributed by atoms with Gasteiger partial charge in [-0.05, 0) is 36.6 Å². The number of hydrogen-bond donors (Lipinski definition) is 0. The van der Waals surface area contributed by atoms with E-state index < -0.39 is 4.92 Å². The number of halogens is 3. The first-order valence-corrected chi connectivity index (χ1v) is 13.5. The van der Waals surface area contributed by atoms with Gasteiger partial charge in [-0.25, -0.2) is 4.98 Å². The molecule has 1 aliphatic rings. The third-order valence-electron chi connectivity index (χ3n) is 5.69. The summed E-state index contributed by atoms with van der Waals surface area (Å²) in [6.45, 7) is 4.05. The Bertz CT molecular complexity index is 1250. The van der Waals surface area contributed by atoms with E-state index in [9.17, 15) is 14.9 Å². The van der Waals surface area contributed by atoms with Crippen LogP contribution in [0, 0.1) is 10.1 Å². The number of aromatic nitrogens is 1. The number of nitrogens with zero attached hydrogens (tertiary/aromatic N) is 4. The maximum Gasteiger partial charge on any atom is 0.288 e. The van der Waals surface area contributed by atoms with Crippen molar-refractivity contribution in [2.75, 3.05) is 13.1 Å². The van der Waals surface area contributed by atoms with Crippen LogP contribution in [-0.2, 0) is 11.3 Å². The molecule has 1 fully saturated rings. The maximum atomic E-state index is 12.5. The first-order chi connectivity index (χ1) is 16.7. The van der Waals surface area contributed by atoms with E-state index in [2.05, 4.69) is 9.88 Å². The van der Waals surface area contributed by atoms with Crippen molar-refractivity contribution < 1.29 is 9.72 Å². The van der Waals surface area contributed by atoms with Gasteiger partial charge in [0, 0.05) is 61.6 Å². The lowest BCUT2D eigenvalue weighted by Crippen LogP contribution is -2.43. The Hall–Kier alpha value is -1.88. The third kappa shape index (κ3) is 6.47. The van der Waals surface area contributed by atoms with Crippen LogP contribution in [0.3, 0.4) is 0 Å². The van der Waals surface area contributed by atoms with Crippen LogP contribution in [0.5, 0.6) is 0 Å². The molecule has 0 saturated carbocycles. The van der Waals surface area contributed by atoms with Gasteiger partial charge in [0.25, 0.3) is 5.69 Å². The average Bonchev–Trinajstić information content (AvgIpc) is 3.29. The second-order valence-corrected chi connectivity index (χ2v) is 11.4. The summed E-state index contributed by atoms with van der Waals surface area (Å²) in [4.78, 5) is 30.1. The fraction of sp³-hybridized carbons (Fsp3) is 0.304. The van der Waals surface area contributed by atoms with Gasteiger partial charge >= 0.3 is 0 Å². The second kappa shape index (κ2) is 11.5. The largest absolute Gasteiger partial charge is 0.299 e. The smallest absolute Gasteiger partial charge is 0.288 e. The summed E-state index contributed by atoms with van der Waals surface area (Å²) in [5.41, 5.74) is 2.16. The minimum atomic E-state index is -0.515. The van der Waals surface area contributed by atoms with E-state index in [0.29, 0.717) is 25.6 Å². The van der Waals surface area contributed by atoms with Crippen molar-refractivity contribution in [2.45, 2.75) is 36.7 Å². The number of thiazole rings is 1. The van der Waals surface area contributed by atoms with Gasteiger partial charge in [0.05, 0.1) is 20.7 Å². The van der Waals surface area contributed by atoms with Crippen LogP contribution in [0.25, 0.3) is 11.3 Å². The SMILES string of the molecule is CC(=O)N(Sc1nc(-c2ccc(Cl)c([N+](=O)[O-])c2)cs1)C1CCN(Cc2ccc(Cl)c(Cl)c2)CC1. The van der Waals surface area contributed by atoms with Gasteiger partial charge in [0.15, 0.2) is 4.34 Å². The molecule has 0 aliphatic carbocycles. The van der Waals surface area contributed by atoms with Gasteiger partial charge < -0.3 is 0 Å². The number of likely N-dealkylation sites (tertiary alicyclic amines) is 1. The highest BCUT2D eigenvalue weighted by molar-refractivity contribution is 7.99. The van der Waals surface area contributed by atoms with Crippen LogP contribution in [0.1, 0.15) is 25.3 Å². The molecule has 0 bridgehead atoms. The Labute approximate surface area is 226 Å². The zero-order valence-electron chi connectivity index (χ0n) is 18.6. The Morgan fingerprint density at radius 1 is 1.17 bits per heavy atom. The van der Waals surface area contributed by atoms with E-state index in [1.54, 1.807) is 17.3 Å². The van der Waals surface area contributed by atoms with Gasteiger partial charge in [-0.15, -0.1) is 11.3 Å². The van der Waals surface area contributed by atoms with Crippen molar-refractivity contribution in [2.24, 2.45) is 0 Å². The van der Waals surface area contributed by atoms with E-state index in [-0.39, 0.29) is 22.7 Å². The normalized spacial score (nSPS) is 14.7. The highest BCUT2D eigenvalue weighted by Crippen LogP contribution is 2.36. The third-order valence-corrected chi connectivity index (χ3v) is 8.89. The van der Waals surface area contributed by atoms with Crippen molar-refractivity contribution >= 4 is 69.7 Å². The Morgan fingerprint density at radius 2 is 1.89 bits per heavy atom. The molecule has 184 valence electrons. The number of rotatable bonds is 7. The zero-order valence-corrected chi connectivity index (χ0v) is 22.5. The Kier molecular flexibility index (Phi) is 8.57. The van der Waals surface area contributed by atoms with Crippen LogP contribution in [0.15, 0.2) is 46.1 Å². The van der Waals surface area contributed by atoms with E-state index >= 15 is 0 Å². The predicted octanol–water partition coefficient (Wildman–Crippen LogP) is 7.20. The molecule has 0 unspecified atom stereocenters. The van der Waals surface area contributed by atoms with Gasteiger partial charge in [0.1, 0.15) is 5.02 Å². The van der Waals surface area contributed by atoms with Crippen LogP contribution >= 0.6 is 58.1 Å². The summed E-state index contributed by atoms with van der Waals surface area (Å²) < 4.78 is 2.50. The molecule has 35 heavy (non-hydrogen) atoms. The summed E-state index contributed by atoms with van der Waals surface area (Å²) in [5.74, 6) is -0.0307. The van der Waals surface area contributed by atoms with Gasteiger partial charge in [-0.1, -0.05) is 46.9 Å². The Balaban J connectivity index is 1.39. The fourth-order valence-corrected chi connectivity index (χ4v) is 6.34. The van der Waals surface area contributed by atoms with E-state index in [0.717, 1.165) is 38.0 Å². The maximum absolute atomic E-state index is 12.5. The number of hydrogen-bond acceptors (Lipinski definition) is 7. The monoisotopic (exact) mass is 570 g/mol. The zero-order chi connectivity index (χ0) is 25.1. The topological polar surface area (TPSA) is 79.6 Å². The average molecular weight is 572 g/mol. The molecule has 7 nitrogen and oxygen atoms in total. The van der Waals surface area contributed by atoms with Gasteiger partial charge in [-0.3, -0.25) is 24.1 Å². The number of carbonyl (C=O) groups excluding carboxylic acids is 1. The van der Waals surface area contributed by atoms with Crippen molar-refractivity contribution in [1.29, 1.82) is 0 Å². The molecule has 2 heterocycles. The number of nitro groups is 1. The lowest BCUT2D eigenvalue weighted by molar-refractivity contribution is -0.384. The molecule has 0 atom stereocenters. The molecule has 1 aliphatic heterocycles. The lowest BCUT2D eigenvalue weighted by Gasteiger charge is -2.37. The Morgan fingerprint density at radius 3 is 2.54 bits per heavy atom. The highest BCUT2D eigenvalue weighted by atomic mass is 35.5. The van der Waals surface area contributed by atoms with E-state index in [1.165, 1.54) is 35.4 Å². The minimum Gasteiger partial charge on any atom is -0.299 e. The highest BCUT2D eigenvalue weighted by Gasteiger charge is 2.28. The molecule has 0 N–H and O–H groups in total. The summed E-state index contributed by atoms with van der Waals surface area (Å²) in [6, 6.07) is 10.4. The molecule has 4 rings (SSSR count). The summed E-state index contributed by atoms with van der Waals surface area (Å²) in [5, 5.41) is 14.2. The van der Waals surface area contributed by atoms with Crippen LogP contribution < -0.4 is 0 Å². The number of piperidine rings is 1.